The predicted octanol–water partition coefficient (Wildman–Crippen LogP) is 2.63. The van der Waals surface area contributed by atoms with Crippen molar-refractivity contribution in [2.24, 2.45) is 0 Å². The highest BCUT2D eigenvalue weighted by Gasteiger charge is 2.17. The van der Waals surface area contributed by atoms with Crippen molar-refractivity contribution in [3.8, 4) is 0 Å². The van der Waals surface area contributed by atoms with Gasteiger partial charge in [0.1, 0.15) is 0 Å². The Kier molecular flexibility index (Phi) is 4.38. The van der Waals surface area contributed by atoms with Crippen LogP contribution in [0.4, 0.5) is 0 Å². The van der Waals surface area contributed by atoms with Gasteiger partial charge in [-0.3, -0.25) is 4.90 Å². The van der Waals surface area contributed by atoms with Crippen LogP contribution < -0.4 is 5.32 Å². The van der Waals surface area contributed by atoms with E-state index in [4.69, 9.17) is 0 Å². The van der Waals surface area contributed by atoms with E-state index in [1.807, 2.05) is 0 Å². The molecule has 0 unspecified atom stereocenters. The van der Waals surface area contributed by atoms with Gasteiger partial charge in [-0.25, -0.2) is 0 Å². The molecule has 1 aromatic carbocycles. The lowest BCUT2D eigenvalue weighted by atomic mass is 10.0. The van der Waals surface area contributed by atoms with Crippen LogP contribution in [0, 0.1) is 0 Å². The van der Waals surface area contributed by atoms with Crippen LogP contribution in [0.1, 0.15) is 18.4 Å². The average molecular weight is 283 g/mol. The lowest BCUT2D eigenvalue weighted by Gasteiger charge is -2.31. The van der Waals surface area contributed by atoms with Gasteiger partial charge in [0, 0.05) is 17.1 Å². The molecule has 1 aliphatic rings. The van der Waals surface area contributed by atoms with Crippen molar-refractivity contribution < 1.29 is 0 Å². The number of likely N-dealkylation sites (tertiary alicyclic amines) is 1. The van der Waals surface area contributed by atoms with E-state index in [1.54, 1.807) is 0 Å². The SMILES string of the molecule is CNC1CCN(Cc2ccc(Br)cc2)CC1. The summed E-state index contributed by atoms with van der Waals surface area (Å²) < 4.78 is 1.16. The maximum absolute atomic E-state index is 3.47. The molecule has 0 aromatic heterocycles. The summed E-state index contributed by atoms with van der Waals surface area (Å²) in [6.07, 6.45) is 2.54. The summed E-state index contributed by atoms with van der Waals surface area (Å²) in [7, 11) is 2.06. The zero-order valence-electron chi connectivity index (χ0n) is 9.75. The first-order valence-electron chi connectivity index (χ1n) is 5.92. The normalized spacial score (nSPS) is 18.9. The van der Waals surface area contributed by atoms with Crippen LogP contribution in [0.25, 0.3) is 0 Å². The van der Waals surface area contributed by atoms with E-state index in [1.165, 1.54) is 31.5 Å². The molecule has 0 atom stereocenters. The third kappa shape index (κ3) is 3.30. The minimum atomic E-state index is 0.723. The lowest BCUT2D eigenvalue weighted by molar-refractivity contribution is 0.194. The number of hydrogen-bond acceptors (Lipinski definition) is 2. The van der Waals surface area contributed by atoms with E-state index in [-0.39, 0.29) is 0 Å². The van der Waals surface area contributed by atoms with Gasteiger partial charge in [0.25, 0.3) is 0 Å². The Bertz CT molecular complexity index is 315. The van der Waals surface area contributed by atoms with Crippen LogP contribution in [0.15, 0.2) is 28.7 Å². The molecule has 0 spiro atoms. The highest BCUT2D eigenvalue weighted by atomic mass is 79.9. The van der Waals surface area contributed by atoms with Crippen molar-refractivity contribution in [1.29, 1.82) is 0 Å². The van der Waals surface area contributed by atoms with Gasteiger partial charge >= 0.3 is 0 Å². The Morgan fingerprint density at radius 1 is 1.25 bits per heavy atom. The smallest absolute Gasteiger partial charge is 0.0233 e. The molecule has 0 saturated carbocycles. The lowest BCUT2D eigenvalue weighted by Crippen LogP contribution is -2.40. The maximum atomic E-state index is 3.47. The second-order valence-electron chi connectivity index (χ2n) is 4.47. The molecule has 2 nitrogen and oxygen atoms in total. The number of hydrogen-bond donors (Lipinski definition) is 1. The Labute approximate surface area is 106 Å². The van der Waals surface area contributed by atoms with E-state index in [2.05, 4.69) is 57.5 Å². The number of benzene rings is 1. The zero-order chi connectivity index (χ0) is 11.4. The summed E-state index contributed by atoms with van der Waals surface area (Å²) in [6.45, 7) is 3.51. The molecule has 1 N–H and O–H groups in total. The van der Waals surface area contributed by atoms with Crippen molar-refractivity contribution in [2.45, 2.75) is 25.4 Å². The molecular weight excluding hydrogens is 264 g/mol. The molecule has 1 aliphatic heterocycles. The largest absolute Gasteiger partial charge is 0.317 e. The summed E-state index contributed by atoms with van der Waals surface area (Å²) >= 11 is 3.47. The third-order valence-corrected chi connectivity index (χ3v) is 3.84. The fourth-order valence-corrected chi connectivity index (χ4v) is 2.49. The summed E-state index contributed by atoms with van der Waals surface area (Å²) in [4.78, 5) is 2.54. The number of nitrogens with zero attached hydrogens (tertiary/aromatic N) is 1. The van der Waals surface area contributed by atoms with Crippen molar-refractivity contribution in [1.82, 2.24) is 10.2 Å². The average Bonchev–Trinajstić information content (AvgIpc) is 2.33. The van der Waals surface area contributed by atoms with Gasteiger partial charge < -0.3 is 5.32 Å². The van der Waals surface area contributed by atoms with E-state index in [0.29, 0.717) is 0 Å². The minimum absolute atomic E-state index is 0.723. The molecule has 16 heavy (non-hydrogen) atoms. The second-order valence-corrected chi connectivity index (χ2v) is 5.38. The molecule has 3 heteroatoms. The standard InChI is InChI=1S/C13H19BrN2/c1-15-13-6-8-16(9-7-13)10-11-2-4-12(14)5-3-11/h2-5,13,15H,6-10H2,1H3. The number of nitrogens with one attached hydrogen (secondary N) is 1. The third-order valence-electron chi connectivity index (χ3n) is 3.32. The van der Waals surface area contributed by atoms with Crippen molar-refractivity contribution in [2.75, 3.05) is 20.1 Å². The van der Waals surface area contributed by atoms with Gasteiger partial charge in [0.05, 0.1) is 0 Å². The van der Waals surface area contributed by atoms with Gasteiger partial charge in [-0.05, 0) is 50.7 Å². The Morgan fingerprint density at radius 3 is 2.44 bits per heavy atom. The molecule has 0 amide bonds. The zero-order valence-corrected chi connectivity index (χ0v) is 11.3. The molecule has 1 saturated heterocycles. The highest BCUT2D eigenvalue weighted by Crippen LogP contribution is 2.15. The fraction of sp³-hybridized carbons (Fsp3) is 0.538. The molecule has 0 bridgehead atoms. The van der Waals surface area contributed by atoms with E-state index in [9.17, 15) is 0 Å². The molecule has 0 aliphatic carbocycles. The molecule has 1 heterocycles. The van der Waals surface area contributed by atoms with E-state index >= 15 is 0 Å². The van der Waals surface area contributed by atoms with Crippen LogP contribution in [-0.2, 0) is 6.54 Å². The van der Waals surface area contributed by atoms with Crippen LogP contribution in [0.3, 0.4) is 0 Å². The molecular formula is C13H19BrN2. The molecule has 1 aromatic rings. The van der Waals surface area contributed by atoms with Crippen LogP contribution >= 0.6 is 15.9 Å². The summed E-state index contributed by atoms with van der Waals surface area (Å²) in [6, 6.07) is 9.37. The van der Waals surface area contributed by atoms with Gasteiger partial charge in [-0.15, -0.1) is 0 Å². The first-order valence-corrected chi connectivity index (χ1v) is 6.71. The monoisotopic (exact) mass is 282 g/mol. The quantitative estimate of drug-likeness (QED) is 0.917. The second kappa shape index (κ2) is 5.80. The predicted molar refractivity (Wildman–Crippen MR) is 71.5 cm³/mol. The first kappa shape index (κ1) is 12.1. The van der Waals surface area contributed by atoms with Crippen LogP contribution in [0.5, 0.6) is 0 Å². The van der Waals surface area contributed by atoms with Crippen molar-refractivity contribution in [3.05, 3.63) is 34.3 Å². The van der Waals surface area contributed by atoms with Gasteiger partial charge in [0.15, 0.2) is 0 Å². The van der Waals surface area contributed by atoms with Crippen LogP contribution in [0.2, 0.25) is 0 Å². The number of halogens is 1. The topological polar surface area (TPSA) is 15.3 Å². The summed E-state index contributed by atoms with van der Waals surface area (Å²) in [5, 5.41) is 3.36. The first-order chi connectivity index (χ1) is 7.78. The molecule has 1 fully saturated rings. The minimum Gasteiger partial charge on any atom is -0.317 e. The van der Waals surface area contributed by atoms with E-state index in [0.717, 1.165) is 17.1 Å². The van der Waals surface area contributed by atoms with Crippen molar-refractivity contribution >= 4 is 15.9 Å². The van der Waals surface area contributed by atoms with Crippen LogP contribution in [-0.4, -0.2) is 31.1 Å². The summed E-state index contributed by atoms with van der Waals surface area (Å²) in [5.74, 6) is 0. The Hall–Kier alpha value is -0.380. The number of piperidine rings is 1. The Balaban J connectivity index is 1.84. The Morgan fingerprint density at radius 2 is 1.88 bits per heavy atom. The summed E-state index contributed by atoms with van der Waals surface area (Å²) in [5.41, 5.74) is 1.41. The van der Waals surface area contributed by atoms with Crippen molar-refractivity contribution in [3.63, 3.8) is 0 Å². The van der Waals surface area contributed by atoms with Gasteiger partial charge in [-0.2, -0.15) is 0 Å². The molecule has 88 valence electrons. The van der Waals surface area contributed by atoms with E-state index < -0.39 is 0 Å². The highest BCUT2D eigenvalue weighted by molar-refractivity contribution is 9.10. The maximum Gasteiger partial charge on any atom is 0.0233 e. The van der Waals surface area contributed by atoms with Gasteiger partial charge in [-0.1, -0.05) is 28.1 Å². The number of rotatable bonds is 3. The fourth-order valence-electron chi connectivity index (χ4n) is 2.23. The molecule has 2 rings (SSSR count). The molecule has 0 radical (unpaired) electrons. The van der Waals surface area contributed by atoms with Gasteiger partial charge in [0.2, 0.25) is 0 Å².